The van der Waals surface area contributed by atoms with Crippen LogP contribution in [-0.2, 0) is 16.0 Å². The monoisotopic (exact) mass is 228 g/mol. The van der Waals surface area contributed by atoms with Crippen LogP contribution in [-0.4, -0.2) is 28.0 Å². The number of amides is 1. The van der Waals surface area contributed by atoms with E-state index in [1.54, 1.807) is 5.38 Å². The molecule has 1 amide bonds. The number of aryl methyl sites for hydroxylation is 1. The Morgan fingerprint density at radius 3 is 2.73 bits per heavy atom. The second-order valence-electron chi connectivity index (χ2n) is 3.15. The maximum absolute atomic E-state index is 10.8. The number of carbonyl (C=O) groups excluding carboxylic acids is 1. The lowest BCUT2D eigenvalue weighted by Crippen LogP contribution is -2.41. The molecule has 0 spiro atoms. The number of rotatable bonds is 4. The van der Waals surface area contributed by atoms with Gasteiger partial charge in [-0.25, -0.2) is 9.78 Å². The largest absolute Gasteiger partial charge is 0.480 e. The fourth-order valence-electron chi connectivity index (χ4n) is 1.16. The molecule has 0 aliphatic heterocycles. The summed E-state index contributed by atoms with van der Waals surface area (Å²) in [5.74, 6) is -1.40. The van der Waals surface area contributed by atoms with E-state index in [9.17, 15) is 9.59 Å². The first kappa shape index (κ1) is 11.6. The first-order valence-corrected chi connectivity index (χ1v) is 5.28. The van der Waals surface area contributed by atoms with Crippen LogP contribution in [0.3, 0.4) is 0 Å². The number of hydrogen-bond donors (Lipinski definition) is 2. The predicted molar refractivity (Wildman–Crippen MR) is 55.8 cm³/mol. The van der Waals surface area contributed by atoms with Gasteiger partial charge in [-0.3, -0.25) is 4.79 Å². The van der Waals surface area contributed by atoms with Crippen molar-refractivity contribution in [3.8, 4) is 0 Å². The maximum atomic E-state index is 10.8. The average Bonchev–Trinajstić information content (AvgIpc) is 2.49. The molecule has 1 heterocycles. The average molecular weight is 228 g/mol. The Kier molecular flexibility index (Phi) is 3.79. The highest BCUT2D eigenvalue weighted by Gasteiger charge is 2.19. The Bertz CT molecular complexity index is 375. The molecule has 0 aliphatic rings. The molecule has 0 aromatic carbocycles. The van der Waals surface area contributed by atoms with E-state index in [0.29, 0.717) is 5.69 Å². The fourth-order valence-corrected chi connectivity index (χ4v) is 1.78. The number of carboxylic acids is 1. The van der Waals surface area contributed by atoms with Gasteiger partial charge in [0, 0.05) is 18.7 Å². The van der Waals surface area contributed by atoms with Crippen molar-refractivity contribution in [2.75, 3.05) is 0 Å². The molecule has 82 valence electrons. The van der Waals surface area contributed by atoms with Crippen molar-refractivity contribution >= 4 is 23.2 Å². The van der Waals surface area contributed by atoms with Gasteiger partial charge in [0.2, 0.25) is 5.91 Å². The van der Waals surface area contributed by atoms with Crippen LogP contribution in [0.2, 0.25) is 0 Å². The number of nitrogens with one attached hydrogen (secondary N) is 1. The number of aromatic nitrogens is 1. The van der Waals surface area contributed by atoms with Crippen molar-refractivity contribution in [2.24, 2.45) is 0 Å². The second kappa shape index (κ2) is 4.88. The lowest BCUT2D eigenvalue weighted by atomic mass is 10.1. The van der Waals surface area contributed by atoms with Crippen molar-refractivity contribution in [3.63, 3.8) is 0 Å². The van der Waals surface area contributed by atoms with E-state index in [2.05, 4.69) is 10.3 Å². The van der Waals surface area contributed by atoms with Gasteiger partial charge in [-0.1, -0.05) is 0 Å². The molecule has 1 unspecified atom stereocenters. The van der Waals surface area contributed by atoms with E-state index in [0.717, 1.165) is 5.01 Å². The van der Waals surface area contributed by atoms with Gasteiger partial charge in [0.25, 0.3) is 0 Å². The normalized spacial score (nSPS) is 12.1. The highest BCUT2D eigenvalue weighted by atomic mass is 32.1. The lowest BCUT2D eigenvalue weighted by Gasteiger charge is -2.11. The number of thiazole rings is 1. The Labute approximate surface area is 91.1 Å². The maximum Gasteiger partial charge on any atom is 0.326 e. The van der Waals surface area contributed by atoms with E-state index < -0.39 is 12.0 Å². The van der Waals surface area contributed by atoms with Crippen molar-refractivity contribution in [1.29, 1.82) is 0 Å². The van der Waals surface area contributed by atoms with Crippen LogP contribution < -0.4 is 5.32 Å². The molecule has 1 aromatic heterocycles. The molecule has 0 saturated carbocycles. The van der Waals surface area contributed by atoms with Gasteiger partial charge in [-0.2, -0.15) is 0 Å². The van der Waals surface area contributed by atoms with Crippen LogP contribution in [0.4, 0.5) is 0 Å². The summed E-state index contributed by atoms with van der Waals surface area (Å²) in [5.41, 5.74) is 0.693. The smallest absolute Gasteiger partial charge is 0.326 e. The SMILES string of the molecule is CC(=O)NC(Cc1csc(C)n1)C(=O)O. The summed E-state index contributed by atoms with van der Waals surface area (Å²) in [4.78, 5) is 25.7. The van der Waals surface area contributed by atoms with E-state index in [1.165, 1.54) is 18.3 Å². The van der Waals surface area contributed by atoms with Gasteiger partial charge in [-0.05, 0) is 6.92 Å². The van der Waals surface area contributed by atoms with E-state index in [1.807, 2.05) is 6.92 Å². The van der Waals surface area contributed by atoms with Crippen molar-refractivity contribution in [1.82, 2.24) is 10.3 Å². The minimum absolute atomic E-state index is 0.221. The minimum Gasteiger partial charge on any atom is -0.480 e. The summed E-state index contributed by atoms with van der Waals surface area (Å²) >= 11 is 1.46. The van der Waals surface area contributed by atoms with Gasteiger partial charge in [0.1, 0.15) is 6.04 Å². The minimum atomic E-state index is -1.05. The van der Waals surface area contributed by atoms with Gasteiger partial charge in [0.15, 0.2) is 0 Å². The number of carbonyl (C=O) groups is 2. The molecular weight excluding hydrogens is 216 g/mol. The van der Waals surface area contributed by atoms with Crippen molar-refractivity contribution in [3.05, 3.63) is 16.1 Å². The third-order valence-corrected chi connectivity index (χ3v) is 2.58. The van der Waals surface area contributed by atoms with Gasteiger partial charge in [-0.15, -0.1) is 11.3 Å². The summed E-state index contributed by atoms with van der Waals surface area (Å²) in [6.45, 7) is 3.14. The summed E-state index contributed by atoms with van der Waals surface area (Å²) in [7, 11) is 0. The molecule has 2 N–H and O–H groups in total. The van der Waals surface area contributed by atoms with Crippen LogP contribution in [0.1, 0.15) is 17.6 Å². The third kappa shape index (κ3) is 3.67. The molecule has 15 heavy (non-hydrogen) atoms. The number of carboxylic acid groups (broad SMARTS) is 1. The quantitative estimate of drug-likeness (QED) is 0.790. The zero-order chi connectivity index (χ0) is 11.4. The van der Waals surface area contributed by atoms with Crippen molar-refractivity contribution in [2.45, 2.75) is 26.3 Å². The molecule has 5 nitrogen and oxygen atoms in total. The van der Waals surface area contributed by atoms with Gasteiger partial charge < -0.3 is 10.4 Å². The Morgan fingerprint density at radius 1 is 1.67 bits per heavy atom. The summed E-state index contributed by atoms with van der Waals surface area (Å²) in [5, 5.41) is 13.9. The molecule has 6 heteroatoms. The number of nitrogens with zero attached hydrogens (tertiary/aromatic N) is 1. The van der Waals surface area contributed by atoms with E-state index >= 15 is 0 Å². The lowest BCUT2D eigenvalue weighted by molar-refractivity contribution is -0.141. The third-order valence-electron chi connectivity index (χ3n) is 1.76. The molecule has 1 atom stereocenters. The van der Waals surface area contributed by atoms with Gasteiger partial charge in [0.05, 0.1) is 10.7 Å². The first-order chi connectivity index (χ1) is 6.99. The number of aliphatic carboxylic acids is 1. The second-order valence-corrected chi connectivity index (χ2v) is 4.22. The fraction of sp³-hybridized carbons (Fsp3) is 0.444. The highest BCUT2D eigenvalue weighted by molar-refractivity contribution is 7.09. The topological polar surface area (TPSA) is 79.3 Å². The van der Waals surface area contributed by atoms with Crippen LogP contribution in [0, 0.1) is 6.92 Å². The van der Waals surface area contributed by atoms with Crippen LogP contribution in [0.5, 0.6) is 0 Å². The summed E-state index contributed by atoms with van der Waals surface area (Å²) in [6.07, 6.45) is 0.221. The molecule has 0 fully saturated rings. The van der Waals surface area contributed by atoms with Crippen LogP contribution >= 0.6 is 11.3 Å². The predicted octanol–water partition coefficient (Wildman–Crippen LogP) is 0.583. The summed E-state index contributed by atoms with van der Waals surface area (Å²) in [6, 6.07) is -0.899. The first-order valence-electron chi connectivity index (χ1n) is 4.40. The van der Waals surface area contributed by atoms with Gasteiger partial charge >= 0.3 is 5.97 Å². The molecule has 1 aromatic rings. The molecule has 1 rings (SSSR count). The molecule has 0 aliphatic carbocycles. The molecule has 0 radical (unpaired) electrons. The number of hydrogen-bond acceptors (Lipinski definition) is 4. The molecule has 0 bridgehead atoms. The van der Waals surface area contributed by atoms with E-state index in [-0.39, 0.29) is 12.3 Å². The zero-order valence-corrected chi connectivity index (χ0v) is 9.30. The Balaban J connectivity index is 2.66. The van der Waals surface area contributed by atoms with E-state index in [4.69, 9.17) is 5.11 Å². The molecular formula is C9H12N2O3S. The summed E-state index contributed by atoms with van der Waals surface area (Å²) < 4.78 is 0. The van der Waals surface area contributed by atoms with Crippen LogP contribution in [0.25, 0.3) is 0 Å². The Morgan fingerprint density at radius 2 is 2.33 bits per heavy atom. The van der Waals surface area contributed by atoms with Crippen LogP contribution in [0.15, 0.2) is 5.38 Å². The highest BCUT2D eigenvalue weighted by Crippen LogP contribution is 2.10. The standard InChI is InChI=1S/C9H12N2O3S/c1-5(12)10-8(9(13)14)3-7-4-15-6(2)11-7/h4,8H,3H2,1-2H3,(H,10,12)(H,13,14). The Hall–Kier alpha value is -1.43. The van der Waals surface area contributed by atoms with Crippen molar-refractivity contribution < 1.29 is 14.7 Å². The molecule has 0 saturated heterocycles. The zero-order valence-electron chi connectivity index (χ0n) is 8.48.